The number of halogens is 2. The number of nitrogens with zero attached hydrogens (tertiary/aromatic N) is 1. The second-order valence-corrected chi connectivity index (χ2v) is 5.47. The number of hydrogen-bond acceptors (Lipinski definition) is 2. The van der Waals surface area contributed by atoms with Gasteiger partial charge in [-0.05, 0) is 45.2 Å². The fourth-order valence-corrected chi connectivity index (χ4v) is 2.08. The summed E-state index contributed by atoms with van der Waals surface area (Å²) in [6, 6.07) is 0. The molecule has 4 heteroatoms. The lowest BCUT2D eigenvalue weighted by Gasteiger charge is -2.13. The Bertz CT molecular complexity index is 262. The van der Waals surface area contributed by atoms with Gasteiger partial charge in [0.15, 0.2) is 9.46 Å². The highest BCUT2D eigenvalue weighted by atomic mass is 127. The van der Waals surface area contributed by atoms with E-state index in [-0.39, 0.29) is 5.41 Å². The first-order chi connectivity index (χ1) is 4.93. The molecule has 0 saturated carbocycles. The molecule has 1 rings (SSSR count). The predicted octanol–water partition coefficient (Wildman–Crippen LogP) is 3.18. The standard InChI is InChI=1S/C7H9I2NO/c1-7(2,3)5-4(8)6(9)10-11-5/h1-3H3. The smallest absolute Gasteiger partial charge is 0.157 e. The van der Waals surface area contributed by atoms with E-state index < -0.39 is 0 Å². The molecule has 2 nitrogen and oxygen atoms in total. The Kier molecular flexibility index (Phi) is 2.83. The van der Waals surface area contributed by atoms with Gasteiger partial charge in [-0.3, -0.25) is 0 Å². The Hall–Kier alpha value is 0.670. The second-order valence-electron chi connectivity index (χ2n) is 3.37. The maximum absolute atomic E-state index is 5.19. The van der Waals surface area contributed by atoms with Gasteiger partial charge in [-0.15, -0.1) is 0 Å². The van der Waals surface area contributed by atoms with E-state index in [1.54, 1.807) is 0 Å². The van der Waals surface area contributed by atoms with E-state index in [1.807, 2.05) is 0 Å². The van der Waals surface area contributed by atoms with Crippen LogP contribution in [0, 0.1) is 7.27 Å². The summed E-state index contributed by atoms with van der Waals surface area (Å²) in [5.74, 6) is 0.975. The topological polar surface area (TPSA) is 26.0 Å². The average molecular weight is 377 g/mol. The van der Waals surface area contributed by atoms with Gasteiger partial charge in [0.05, 0.1) is 3.57 Å². The van der Waals surface area contributed by atoms with Crippen LogP contribution in [0.25, 0.3) is 0 Å². The van der Waals surface area contributed by atoms with Crippen molar-refractivity contribution in [2.24, 2.45) is 0 Å². The van der Waals surface area contributed by atoms with Crippen LogP contribution in [0.4, 0.5) is 0 Å². The molecule has 0 spiro atoms. The fourth-order valence-electron chi connectivity index (χ4n) is 0.726. The highest BCUT2D eigenvalue weighted by Gasteiger charge is 2.24. The van der Waals surface area contributed by atoms with Gasteiger partial charge < -0.3 is 4.52 Å². The van der Waals surface area contributed by atoms with Crippen LogP contribution in [0.5, 0.6) is 0 Å². The fraction of sp³-hybridized carbons (Fsp3) is 0.571. The van der Waals surface area contributed by atoms with Crippen LogP contribution in [0.2, 0.25) is 0 Å². The molecule has 11 heavy (non-hydrogen) atoms. The van der Waals surface area contributed by atoms with Crippen LogP contribution in [-0.4, -0.2) is 5.16 Å². The monoisotopic (exact) mass is 377 g/mol. The quantitative estimate of drug-likeness (QED) is 0.650. The zero-order chi connectivity index (χ0) is 8.65. The summed E-state index contributed by atoms with van der Waals surface area (Å²) >= 11 is 4.43. The van der Waals surface area contributed by atoms with Crippen molar-refractivity contribution in [2.75, 3.05) is 0 Å². The summed E-state index contributed by atoms with van der Waals surface area (Å²) in [6.07, 6.45) is 0. The van der Waals surface area contributed by atoms with E-state index in [2.05, 4.69) is 71.1 Å². The van der Waals surface area contributed by atoms with Crippen molar-refractivity contribution < 1.29 is 4.52 Å². The molecule has 0 aliphatic rings. The van der Waals surface area contributed by atoms with Crippen molar-refractivity contribution in [3.8, 4) is 0 Å². The third-order valence-corrected chi connectivity index (χ3v) is 4.05. The van der Waals surface area contributed by atoms with E-state index in [0.29, 0.717) is 0 Å². The van der Waals surface area contributed by atoms with Gasteiger partial charge in [0.2, 0.25) is 0 Å². The summed E-state index contributed by atoms with van der Waals surface area (Å²) in [5, 5.41) is 3.89. The van der Waals surface area contributed by atoms with E-state index in [1.165, 1.54) is 0 Å². The normalized spacial score (nSPS) is 12.1. The first-order valence-corrected chi connectivity index (χ1v) is 5.40. The summed E-state index contributed by atoms with van der Waals surface area (Å²) in [7, 11) is 0. The molecule has 1 aromatic rings. The van der Waals surface area contributed by atoms with Gasteiger partial charge in [-0.25, -0.2) is 0 Å². The predicted molar refractivity (Wildman–Crippen MR) is 60.6 cm³/mol. The lowest BCUT2D eigenvalue weighted by atomic mass is 9.94. The number of hydrogen-bond donors (Lipinski definition) is 0. The van der Waals surface area contributed by atoms with Crippen molar-refractivity contribution in [1.82, 2.24) is 5.16 Å². The molecule has 1 heterocycles. The minimum absolute atomic E-state index is 0.0624. The first kappa shape index (κ1) is 9.76. The van der Waals surface area contributed by atoms with Crippen molar-refractivity contribution in [3.63, 3.8) is 0 Å². The summed E-state index contributed by atoms with van der Waals surface area (Å²) in [5.41, 5.74) is 0.0624. The molecule has 0 fully saturated rings. The summed E-state index contributed by atoms with van der Waals surface area (Å²) < 4.78 is 7.28. The van der Waals surface area contributed by atoms with Crippen molar-refractivity contribution in [2.45, 2.75) is 26.2 Å². The van der Waals surface area contributed by atoms with Gasteiger partial charge in [-0.2, -0.15) is 0 Å². The lowest BCUT2D eigenvalue weighted by Crippen LogP contribution is -2.11. The summed E-state index contributed by atoms with van der Waals surface area (Å²) in [4.78, 5) is 0. The molecule has 62 valence electrons. The van der Waals surface area contributed by atoms with Crippen molar-refractivity contribution in [3.05, 3.63) is 13.0 Å². The molecule has 0 bridgehead atoms. The van der Waals surface area contributed by atoms with Crippen LogP contribution in [0.3, 0.4) is 0 Å². The van der Waals surface area contributed by atoms with Gasteiger partial charge in [0.1, 0.15) is 0 Å². The Morgan fingerprint density at radius 2 is 1.82 bits per heavy atom. The van der Waals surface area contributed by atoms with E-state index in [9.17, 15) is 0 Å². The minimum Gasteiger partial charge on any atom is -0.359 e. The second kappa shape index (κ2) is 3.20. The maximum atomic E-state index is 5.19. The molecule has 0 atom stereocenters. The van der Waals surface area contributed by atoms with E-state index in [0.717, 1.165) is 13.0 Å². The van der Waals surface area contributed by atoms with Crippen molar-refractivity contribution in [1.29, 1.82) is 0 Å². The SMILES string of the molecule is CC(C)(C)c1onc(I)c1I. The molecule has 0 N–H and O–H groups in total. The van der Waals surface area contributed by atoms with Crippen LogP contribution in [-0.2, 0) is 5.41 Å². The molecule has 0 aliphatic carbocycles. The van der Waals surface area contributed by atoms with Crippen molar-refractivity contribution >= 4 is 45.2 Å². The molecule has 0 aliphatic heterocycles. The molecule has 0 aromatic carbocycles. The molecule has 1 aromatic heterocycles. The van der Waals surface area contributed by atoms with Crippen LogP contribution in [0.1, 0.15) is 26.5 Å². The Balaban J connectivity index is 3.15. The number of aromatic nitrogens is 1. The van der Waals surface area contributed by atoms with Gasteiger partial charge >= 0.3 is 0 Å². The van der Waals surface area contributed by atoms with Crippen LogP contribution in [0.15, 0.2) is 4.52 Å². The zero-order valence-electron chi connectivity index (χ0n) is 6.61. The largest absolute Gasteiger partial charge is 0.359 e. The lowest BCUT2D eigenvalue weighted by molar-refractivity contribution is 0.325. The number of rotatable bonds is 0. The van der Waals surface area contributed by atoms with Gasteiger partial charge in [-0.1, -0.05) is 25.9 Å². The average Bonchev–Trinajstić information content (AvgIpc) is 2.11. The van der Waals surface area contributed by atoms with Crippen LogP contribution < -0.4 is 0 Å². The minimum atomic E-state index is 0.0624. The molecular formula is C7H9I2NO. The third-order valence-electron chi connectivity index (χ3n) is 1.28. The Morgan fingerprint density at radius 1 is 1.27 bits per heavy atom. The molecule has 0 unspecified atom stereocenters. The van der Waals surface area contributed by atoms with E-state index >= 15 is 0 Å². The Morgan fingerprint density at radius 3 is 2.00 bits per heavy atom. The highest BCUT2D eigenvalue weighted by molar-refractivity contribution is 14.1. The van der Waals surface area contributed by atoms with Crippen LogP contribution >= 0.6 is 45.2 Å². The Labute approximate surface area is 93.4 Å². The van der Waals surface area contributed by atoms with Gasteiger partial charge in [0.25, 0.3) is 0 Å². The summed E-state index contributed by atoms with van der Waals surface area (Å²) in [6.45, 7) is 6.35. The molecule has 0 saturated heterocycles. The molecule has 0 radical (unpaired) electrons. The zero-order valence-corrected chi connectivity index (χ0v) is 10.9. The highest BCUT2D eigenvalue weighted by Crippen LogP contribution is 2.29. The molecular weight excluding hydrogens is 368 g/mol. The molecule has 0 amide bonds. The van der Waals surface area contributed by atoms with E-state index in [4.69, 9.17) is 4.52 Å². The van der Waals surface area contributed by atoms with Gasteiger partial charge in [0, 0.05) is 5.41 Å². The maximum Gasteiger partial charge on any atom is 0.157 e. The third kappa shape index (κ3) is 2.07. The first-order valence-electron chi connectivity index (χ1n) is 3.24.